The zero-order valence-electron chi connectivity index (χ0n) is 17.4. The number of hydrogen-bond acceptors (Lipinski definition) is 5. The number of piperazine rings is 1. The molecule has 0 radical (unpaired) electrons. The van der Waals surface area contributed by atoms with Gasteiger partial charge >= 0.3 is 0 Å². The van der Waals surface area contributed by atoms with Gasteiger partial charge in [-0.1, -0.05) is 35.9 Å². The van der Waals surface area contributed by atoms with Crippen LogP contribution in [0.15, 0.2) is 48.5 Å². The number of carbonyl (C=O) groups is 1. The van der Waals surface area contributed by atoms with Crippen LogP contribution in [0.3, 0.4) is 0 Å². The van der Waals surface area contributed by atoms with Crippen LogP contribution in [0, 0.1) is 22.9 Å². The van der Waals surface area contributed by atoms with Crippen molar-refractivity contribution in [3.8, 4) is 0 Å². The maximum absolute atomic E-state index is 13.2. The van der Waals surface area contributed by atoms with Gasteiger partial charge in [0, 0.05) is 32.2 Å². The number of nitro groups is 1. The molecule has 1 saturated heterocycles. The van der Waals surface area contributed by atoms with Crippen LogP contribution < -0.4 is 4.90 Å². The molecule has 0 atom stereocenters. The third kappa shape index (κ3) is 4.29. The molecule has 8 nitrogen and oxygen atoms in total. The van der Waals surface area contributed by atoms with Crippen LogP contribution in [-0.4, -0.2) is 51.7 Å². The van der Waals surface area contributed by atoms with E-state index >= 15 is 0 Å². The number of anilines is 1. The van der Waals surface area contributed by atoms with Gasteiger partial charge in [0.05, 0.1) is 22.7 Å². The second kappa shape index (κ2) is 8.96. The predicted octanol–water partition coefficient (Wildman–Crippen LogP) is 3.90. The summed E-state index contributed by atoms with van der Waals surface area (Å²) in [6, 6.07) is 12.6. The maximum Gasteiger partial charge on any atom is 0.292 e. The number of nitro benzene ring substituents is 1. The van der Waals surface area contributed by atoms with Crippen molar-refractivity contribution in [1.82, 2.24) is 14.7 Å². The molecule has 3 aromatic rings. The van der Waals surface area contributed by atoms with E-state index in [2.05, 4.69) is 5.10 Å². The van der Waals surface area contributed by atoms with Crippen molar-refractivity contribution in [2.75, 3.05) is 31.1 Å². The number of para-hydroxylation sites is 2. The second-order valence-electron chi connectivity index (χ2n) is 7.56. The molecule has 1 aliphatic rings. The molecule has 1 aromatic heterocycles. The monoisotopic (exact) mass is 457 g/mol. The fraction of sp³-hybridized carbons (Fsp3) is 0.273. The van der Waals surface area contributed by atoms with Gasteiger partial charge in [-0.05, 0) is 30.7 Å². The fourth-order valence-corrected chi connectivity index (χ4v) is 4.17. The highest BCUT2D eigenvalue weighted by Crippen LogP contribution is 2.29. The molecule has 0 saturated carbocycles. The van der Waals surface area contributed by atoms with E-state index in [1.54, 1.807) is 42.2 Å². The Labute approximate surface area is 189 Å². The lowest BCUT2D eigenvalue weighted by Gasteiger charge is -2.35. The highest BCUT2D eigenvalue weighted by atomic mass is 35.5. The summed E-state index contributed by atoms with van der Waals surface area (Å²) in [7, 11) is 0. The summed E-state index contributed by atoms with van der Waals surface area (Å²) in [5.41, 5.74) is 2.27. The first kappa shape index (κ1) is 21.8. The largest absolute Gasteiger partial charge is 0.362 e. The van der Waals surface area contributed by atoms with E-state index in [1.165, 1.54) is 22.9 Å². The van der Waals surface area contributed by atoms with Crippen LogP contribution in [-0.2, 0) is 6.54 Å². The van der Waals surface area contributed by atoms with Gasteiger partial charge in [0.15, 0.2) is 0 Å². The van der Waals surface area contributed by atoms with Crippen LogP contribution in [0.2, 0.25) is 5.15 Å². The zero-order chi connectivity index (χ0) is 22.8. The number of carbonyl (C=O) groups excluding carboxylic acids is 1. The van der Waals surface area contributed by atoms with Crippen molar-refractivity contribution in [2.45, 2.75) is 13.5 Å². The average Bonchev–Trinajstić information content (AvgIpc) is 3.07. The first-order valence-corrected chi connectivity index (χ1v) is 10.5. The molecule has 1 fully saturated rings. The fourth-order valence-electron chi connectivity index (χ4n) is 3.86. The van der Waals surface area contributed by atoms with Crippen LogP contribution in [0.5, 0.6) is 0 Å². The van der Waals surface area contributed by atoms with E-state index in [-0.39, 0.29) is 22.6 Å². The minimum Gasteiger partial charge on any atom is -0.362 e. The van der Waals surface area contributed by atoms with E-state index in [0.717, 1.165) is 5.56 Å². The van der Waals surface area contributed by atoms with Gasteiger partial charge in [-0.3, -0.25) is 14.9 Å². The highest BCUT2D eigenvalue weighted by molar-refractivity contribution is 6.33. The molecule has 2 aromatic carbocycles. The lowest BCUT2D eigenvalue weighted by atomic mass is 10.2. The summed E-state index contributed by atoms with van der Waals surface area (Å²) in [4.78, 5) is 27.7. The Bertz CT molecular complexity index is 1160. The number of aromatic nitrogens is 2. The Kier molecular flexibility index (Phi) is 6.09. The zero-order valence-corrected chi connectivity index (χ0v) is 18.1. The number of aryl methyl sites for hydroxylation is 1. The van der Waals surface area contributed by atoms with Gasteiger partial charge in [-0.2, -0.15) is 5.10 Å². The van der Waals surface area contributed by atoms with E-state index in [1.807, 2.05) is 4.90 Å². The molecular formula is C22H21ClFN5O3. The summed E-state index contributed by atoms with van der Waals surface area (Å²) in [5, 5.41) is 15.9. The Hall–Kier alpha value is -3.46. The van der Waals surface area contributed by atoms with Crippen LogP contribution in [0.4, 0.5) is 15.8 Å². The Morgan fingerprint density at radius 2 is 1.78 bits per heavy atom. The third-order valence-corrected chi connectivity index (χ3v) is 5.89. The Morgan fingerprint density at radius 3 is 2.44 bits per heavy atom. The van der Waals surface area contributed by atoms with Gasteiger partial charge < -0.3 is 9.80 Å². The van der Waals surface area contributed by atoms with Crippen molar-refractivity contribution in [3.63, 3.8) is 0 Å². The van der Waals surface area contributed by atoms with Crippen molar-refractivity contribution in [2.24, 2.45) is 0 Å². The topological polar surface area (TPSA) is 84.5 Å². The van der Waals surface area contributed by atoms with Crippen molar-refractivity contribution in [1.29, 1.82) is 0 Å². The van der Waals surface area contributed by atoms with E-state index in [0.29, 0.717) is 49.7 Å². The van der Waals surface area contributed by atoms with Crippen molar-refractivity contribution < 1.29 is 14.1 Å². The third-order valence-electron chi connectivity index (χ3n) is 5.51. The smallest absolute Gasteiger partial charge is 0.292 e. The Balaban J connectivity index is 1.47. The van der Waals surface area contributed by atoms with Gasteiger partial charge in [0.1, 0.15) is 16.7 Å². The Morgan fingerprint density at radius 1 is 1.12 bits per heavy atom. The van der Waals surface area contributed by atoms with Gasteiger partial charge in [0.25, 0.3) is 11.6 Å². The van der Waals surface area contributed by atoms with Crippen LogP contribution in [0.1, 0.15) is 21.6 Å². The summed E-state index contributed by atoms with van der Waals surface area (Å²) >= 11 is 6.50. The maximum atomic E-state index is 13.2. The number of rotatable bonds is 5. The highest BCUT2D eigenvalue weighted by Gasteiger charge is 2.29. The van der Waals surface area contributed by atoms with Crippen LogP contribution in [0.25, 0.3) is 0 Å². The van der Waals surface area contributed by atoms with E-state index < -0.39 is 4.92 Å². The molecular weight excluding hydrogens is 437 g/mol. The first-order chi connectivity index (χ1) is 15.3. The molecule has 0 spiro atoms. The minimum atomic E-state index is -0.397. The molecule has 10 heteroatoms. The normalized spacial score (nSPS) is 14.0. The van der Waals surface area contributed by atoms with Gasteiger partial charge in [-0.25, -0.2) is 9.07 Å². The SMILES string of the molecule is Cc1nn(Cc2ccc(F)cc2)c(Cl)c1C(=O)N1CCN(c2ccccc2[N+](=O)[O-])CC1. The number of nitrogens with zero attached hydrogens (tertiary/aromatic N) is 5. The molecule has 2 heterocycles. The summed E-state index contributed by atoms with van der Waals surface area (Å²) in [6.45, 7) is 3.80. The molecule has 1 amide bonds. The van der Waals surface area contributed by atoms with Gasteiger partial charge in [0.2, 0.25) is 0 Å². The molecule has 1 aliphatic heterocycles. The molecule has 0 unspecified atom stereocenters. The molecule has 166 valence electrons. The van der Waals surface area contributed by atoms with Crippen LogP contribution >= 0.6 is 11.6 Å². The predicted molar refractivity (Wildman–Crippen MR) is 119 cm³/mol. The molecule has 0 N–H and O–H groups in total. The van der Waals surface area contributed by atoms with Gasteiger partial charge in [-0.15, -0.1) is 0 Å². The second-order valence-corrected chi connectivity index (χ2v) is 7.92. The summed E-state index contributed by atoms with van der Waals surface area (Å²) in [6.07, 6.45) is 0. The average molecular weight is 458 g/mol. The number of hydrogen-bond donors (Lipinski definition) is 0. The summed E-state index contributed by atoms with van der Waals surface area (Å²) in [5.74, 6) is -0.549. The summed E-state index contributed by atoms with van der Waals surface area (Å²) < 4.78 is 14.7. The lowest BCUT2D eigenvalue weighted by molar-refractivity contribution is -0.384. The molecule has 0 aliphatic carbocycles. The number of amides is 1. The molecule has 0 bridgehead atoms. The number of halogens is 2. The quantitative estimate of drug-likeness (QED) is 0.428. The van der Waals surface area contributed by atoms with E-state index in [4.69, 9.17) is 11.6 Å². The minimum absolute atomic E-state index is 0.0493. The first-order valence-electron chi connectivity index (χ1n) is 10.1. The van der Waals surface area contributed by atoms with E-state index in [9.17, 15) is 19.3 Å². The lowest BCUT2D eigenvalue weighted by Crippen LogP contribution is -2.49. The van der Waals surface area contributed by atoms with Crippen molar-refractivity contribution >= 4 is 28.9 Å². The molecule has 32 heavy (non-hydrogen) atoms. The molecule has 4 rings (SSSR count). The van der Waals surface area contributed by atoms with Crippen molar-refractivity contribution in [3.05, 3.63) is 86.4 Å². The number of benzene rings is 2. The standard InChI is InChI=1S/C22H21ClFN5O3/c1-15-20(21(23)28(25-15)14-16-6-8-17(24)9-7-16)22(30)27-12-10-26(11-13-27)18-4-2-3-5-19(18)29(31)32/h2-9H,10-14H2,1H3.